The Labute approximate surface area is 155 Å². The molecular weight excluding hydrogens is 332 g/mol. The van der Waals surface area contributed by atoms with Crippen LogP contribution in [0.2, 0.25) is 0 Å². The van der Waals surface area contributed by atoms with Crippen molar-refractivity contribution in [3.8, 4) is 11.5 Å². The smallest absolute Gasteiger partial charge is 0.226 e. The Bertz CT molecular complexity index is 610. The number of unbranched alkanes of at least 4 members (excludes halogenated alkanes) is 1. The van der Waals surface area contributed by atoms with Gasteiger partial charge in [0.25, 0.3) is 0 Å². The summed E-state index contributed by atoms with van der Waals surface area (Å²) in [5.41, 5.74) is 0.905. The molecule has 1 aliphatic rings. The Morgan fingerprint density at radius 1 is 1.15 bits per heavy atom. The number of nitrogens with zero attached hydrogens (tertiary/aromatic N) is 1. The summed E-state index contributed by atoms with van der Waals surface area (Å²) in [5, 5.41) is 3.08. The van der Waals surface area contributed by atoms with Gasteiger partial charge in [0.15, 0.2) is 11.5 Å². The standard InChI is InChI=1S/C20H30N2O4/c1-4-5-6-19(23)21-16-9-11-22(12-10-16)20(24)14-15-7-8-17(25-2)18(13-15)26-3/h7-8,13,16H,4-6,9-12,14H2,1-3H3,(H,21,23). The van der Waals surface area contributed by atoms with Gasteiger partial charge in [-0.15, -0.1) is 0 Å². The molecule has 0 atom stereocenters. The van der Waals surface area contributed by atoms with Crippen molar-refractivity contribution in [2.75, 3.05) is 27.3 Å². The molecule has 6 heteroatoms. The van der Waals surface area contributed by atoms with Crippen LogP contribution in [0.5, 0.6) is 11.5 Å². The van der Waals surface area contributed by atoms with Crippen molar-refractivity contribution in [2.45, 2.75) is 51.5 Å². The topological polar surface area (TPSA) is 67.9 Å². The minimum absolute atomic E-state index is 0.105. The summed E-state index contributed by atoms with van der Waals surface area (Å²) in [6.07, 6.45) is 4.51. The highest BCUT2D eigenvalue weighted by Crippen LogP contribution is 2.28. The lowest BCUT2D eigenvalue weighted by Gasteiger charge is -2.32. The van der Waals surface area contributed by atoms with E-state index in [1.165, 1.54) is 0 Å². The number of nitrogens with one attached hydrogen (secondary N) is 1. The number of hydrogen-bond acceptors (Lipinski definition) is 4. The molecule has 0 unspecified atom stereocenters. The average Bonchev–Trinajstić information content (AvgIpc) is 2.66. The Morgan fingerprint density at radius 2 is 1.85 bits per heavy atom. The van der Waals surface area contributed by atoms with Crippen molar-refractivity contribution in [1.82, 2.24) is 10.2 Å². The summed E-state index contributed by atoms with van der Waals surface area (Å²) in [7, 11) is 3.18. The second-order valence-electron chi connectivity index (χ2n) is 6.69. The van der Waals surface area contributed by atoms with Crippen molar-refractivity contribution >= 4 is 11.8 Å². The molecule has 0 spiro atoms. The summed E-state index contributed by atoms with van der Waals surface area (Å²) in [5.74, 6) is 1.52. The maximum Gasteiger partial charge on any atom is 0.226 e. The van der Waals surface area contributed by atoms with Gasteiger partial charge in [-0.05, 0) is 37.0 Å². The van der Waals surface area contributed by atoms with Gasteiger partial charge in [0.2, 0.25) is 11.8 Å². The number of piperidine rings is 1. The van der Waals surface area contributed by atoms with Crippen LogP contribution >= 0.6 is 0 Å². The van der Waals surface area contributed by atoms with Crippen molar-refractivity contribution in [1.29, 1.82) is 0 Å². The van der Waals surface area contributed by atoms with E-state index in [2.05, 4.69) is 12.2 Å². The lowest BCUT2D eigenvalue weighted by atomic mass is 10.0. The molecule has 26 heavy (non-hydrogen) atoms. The zero-order chi connectivity index (χ0) is 18.9. The van der Waals surface area contributed by atoms with Crippen LogP contribution in [0.1, 0.15) is 44.6 Å². The van der Waals surface area contributed by atoms with E-state index in [0.29, 0.717) is 37.4 Å². The first-order valence-electron chi connectivity index (χ1n) is 9.35. The molecule has 6 nitrogen and oxygen atoms in total. The van der Waals surface area contributed by atoms with Crippen molar-refractivity contribution in [2.24, 2.45) is 0 Å². The molecule has 0 aromatic heterocycles. The quantitative estimate of drug-likeness (QED) is 0.772. The third-order valence-corrected chi connectivity index (χ3v) is 4.77. The average molecular weight is 362 g/mol. The summed E-state index contributed by atoms with van der Waals surface area (Å²) < 4.78 is 10.5. The van der Waals surface area contributed by atoms with E-state index in [1.54, 1.807) is 14.2 Å². The molecule has 1 heterocycles. The number of amides is 2. The van der Waals surface area contributed by atoms with Crippen LogP contribution < -0.4 is 14.8 Å². The number of likely N-dealkylation sites (tertiary alicyclic amines) is 1. The number of carbonyl (C=O) groups excluding carboxylic acids is 2. The van der Waals surface area contributed by atoms with E-state index in [4.69, 9.17) is 9.47 Å². The molecule has 2 rings (SSSR count). The Hall–Kier alpha value is -2.24. The van der Waals surface area contributed by atoms with Crippen LogP contribution in [0.15, 0.2) is 18.2 Å². The maximum absolute atomic E-state index is 12.6. The molecule has 1 aliphatic heterocycles. The lowest BCUT2D eigenvalue weighted by molar-refractivity contribution is -0.131. The Kier molecular flexibility index (Phi) is 7.75. The molecule has 1 N–H and O–H groups in total. The van der Waals surface area contributed by atoms with E-state index >= 15 is 0 Å². The number of rotatable bonds is 8. The van der Waals surface area contributed by atoms with Gasteiger partial charge in [-0.1, -0.05) is 19.4 Å². The number of methoxy groups -OCH3 is 2. The van der Waals surface area contributed by atoms with E-state index in [1.807, 2.05) is 23.1 Å². The first-order chi connectivity index (χ1) is 12.6. The largest absolute Gasteiger partial charge is 0.493 e. The first-order valence-corrected chi connectivity index (χ1v) is 9.35. The zero-order valence-corrected chi connectivity index (χ0v) is 16.0. The van der Waals surface area contributed by atoms with Gasteiger partial charge in [-0.2, -0.15) is 0 Å². The van der Waals surface area contributed by atoms with Crippen LogP contribution in [-0.4, -0.2) is 50.1 Å². The van der Waals surface area contributed by atoms with Crippen molar-refractivity contribution in [3.63, 3.8) is 0 Å². The minimum Gasteiger partial charge on any atom is -0.493 e. The predicted octanol–water partition coefficient (Wildman–Crippen LogP) is 2.54. The van der Waals surface area contributed by atoms with Crippen LogP contribution in [0.4, 0.5) is 0 Å². The molecule has 0 saturated carbocycles. The van der Waals surface area contributed by atoms with Gasteiger partial charge >= 0.3 is 0 Å². The fraction of sp³-hybridized carbons (Fsp3) is 0.600. The molecular formula is C20H30N2O4. The monoisotopic (exact) mass is 362 g/mol. The van der Waals surface area contributed by atoms with Crippen LogP contribution in [0, 0.1) is 0 Å². The second-order valence-corrected chi connectivity index (χ2v) is 6.69. The second kappa shape index (κ2) is 10.0. The minimum atomic E-state index is 0.105. The third-order valence-electron chi connectivity index (χ3n) is 4.77. The molecule has 1 aromatic rings. The van der Waals surface area contributed by atoms with Gasteiger partial charge < -0.3 is 19.7 Å². The van der Waals surface area contributed by atoms with Crippen molar-refractivity contribution in [3.05, 3.63) is 23.8 Å². The predicted molar refractivity (Wildman–Crippen MR) is 101 cm³/mol. The van der Waals surface area contributed by atoms with Crippen LogP contribution in [0.25, 0.3) is 0 Å². The summed E-state index contributed by atoms with van der Waals surface area (Å²) in [6, 6.07) is 5.74. The maximum atomic E-state index is 12.6. The SMILES string of the molecule is CCCCC(=O)NC1CCN(C(=O)Cc2ccc(OC)c(OC)c2)CC1. The van der Waals surface area contributed by atoms with Gasteiger partial charge in [0, 0.05) is 25.6 Å². The highest BCUT2D eigenvalue weighted by molar-refractivity contribution is 5.79. The van der Waals surface area contributed by atoms with E-state index in [9.17, 15) is 9.59 Å². The molecule has 0 radical (unpaired) electrons. The highest BCUT2D eigenvalue weighted by Gasteiger charge is 2.24. The number of ether oxygens (including phenoxy) is 2. The summed E-state index contributed by atoms with van der Waals surface area (Å²) >= 11 is 0. The molecule has 0 bridgehead atoms. The lowest BCUT2D eigenvalue weighted by Crippen LogP contribution is -2.46. The summed E-state index contributed by atoms with van der Waals surface area (Å²) in [4.78, 5) is 26.3. The molecule has 144 valence electrons. The van der Waals surface area contributed by atoms with Crippen LogP contribution in [0.3, 0.4) is 0 Å². The molecule has 1 fully saturated rings. The van der Waals surface area contributed by atoms with E-state index < -0.39 is 0 Å². The molecule has 1 saturated heterocycles. The Morgan fingerprint density at radius 3 is 2.46 bits per heavy atom. The summed E-state index contributed by atoms with van der Waals surface area (Å²) in [6.45, 7) is 3.45. The van der Waals surface area contributed by atoms with Gasteiger partial charge in [0.05, 0.1) is 20.6 Å². The first kappa shape index (κ1) is 20.1. The fourth-order valence-corrected chi connectivity index (χ4v) is 3.19. The Balaban J connectivity index is 1.82. The molecule has 0 aliphatic carbocycles. The fourth-order valence-electron chi connectivity index (χ4n) is 3.19. The van der Waals surface area contributed by atoms with E-state index in [0.717, 1.165) is 31.2 Å². The number of carbonyl (C=O) groups is 2. The number of benzene rings is 1. The molecule has 1 aromatic carbocycles. The highest BCUT2D eigenvalue weighted by atomic mass is 16.5. The van der Waals surface area contributed by atoms with Crippen LogP contribution in [-0.2, 0) is 16.0 Å². The molecule has 2 amide bonds. The third kappa shape index (κ3) is 5.64. The van der Waals surface area contributed by atoms with E-state index in [-0.39, 0.29) is 17.9 Å². The van der Waals surface area contributed by atoms with Gasteiger partial charge in [-0.3, -0.25) is 9.59 Å². The zero-order valence-electron chi connectivity index (χ0n) is 16.0. The van der Waals surface area contributed by atoms with Gasteiger partial charge in [0.1, 0.15) is 0 Å². The van der Waals surface area contributed by atoms with Crippen molar-refractivity contribution < 1.29 is 19.1 Å². The van der Waals surface area contributed by atoms with Gasteiger partial charge in [-0.25, -0.2) is 0 Å². The normalized spacial score (nSPS) is 14.8. The number of hydrogen-bond donors (Lipinski definition) is 1.